The van der Waals surface area contributed by atoms with Crippen LogP contribution >= 0.6 is 11.3 Å². The van der Waals surface area contributed by atoms with Crippen LogP contribution in [0, 0.1) is 5.92 Å². The van der Waals surface area contributed by atoms with E-state index >= 15 is 0 Å². The van der Waals surface area contributed by atoms with Crippen molar-refractivity contribution in [1.29, 1.82) is 0 Å². The van der Waals surface area contributed by atoms with Crippen molar-refractivity contribution in [3.05, 3.63) is 28.0 Å². The molecule has 1 aromatic rings. The second-order valence-corrected chi connectivity index (χ2v) is 7.57. The molecule has 5 nitrogen and oxygen atoms in total. The molecule has 0 aliphatic heterocycles. The summed E-state index contributed by atoms with van der Waals surface area (Å²) in [7, 11) is -3.19. The van der Waals surface area contributed by atoms with Crippen LogP contribution in [0.1, 0.15) is 22.6 Å². The summed E-state index contributed by atoms with van der Waals surface area (Å²) >= 11 is 1.37. The molecule has 1 aliphatic carbocycles. The first kappa shape index (κ1) is 14.2. The maximum atomic E-state index is 11.7. The van der Waals surface area contributed by atoms with E-state index in [1.807, 2.05) is 0 Å². The normalized spacial score (nSPS) is 16.0. The molecule has 1 heterocycles. The van der Waals surface area contributed by atoms with Crippen LogP contribution in [-0.4, -0.2) is 25.2 Å². The molecule has 0 saturated heterocycles. The summed E-state index contributed by atoms with van der Waals surface area (Å²) < 4.78 is 25.9. The predicted molar refractivity (Wildman–Crippen MR) is 74.3 cm³/mol. The Balaban J connectivity index is 1.87. The van der Waals surface area contributed by atoms with Crippen molar-refractivity contribution in [1.82, 2.24) is 4.72 Å². The molecular formula is C12H15NO4S2. The average molecular weight is 301 g/mol. The lowest BCUT2D eigenvalue weighted by atomic mass is 10.4. The van der Waals surface area contributed by atoms with Gasteiger partial charge in [-0.15, -0.1) is 11.3 Å². The molecule has 0 atom stereocenters. The number of hydrogen-bond acceptors (Lipinski definition) is 4. The zero-order chi connectivity index (χ0) is 13.9. The number of sulfonamides is 1. The Labute approximate surface area is 116 Å². The second-order valence-electron chi connectivity index (χ2n) is 4.52. The van der Waals surface area contributed by atoms with Gasteiger partial charge in [0.25, 0.3) is 0 Å². The van der Waals surface area contributed by atoms with Gasteiger partial charge in [0.15, 0.2) is 0 Å². The van der Waals surface area contributed by atoms with Crippen molar-refractivity contribution in [3.63, 3.8) is 0 Å². The molecule has 7 heteroatoms. The largest absolute Gasteiger partial charge is 0.478 e. The number of rotatable bonds is 7. The first-order chi connectivity index (χ1) is 8.94. The van der Waals surface area contributed by atoms with Gasteiger partial charge in [0, 0.05) is 22.4 Å². The van der Waals surface area contributed by atoms with Crippen LogP contribution in [0.2, 0.25) is 0 Å². The molecule has 104 valence electrons. The molecule has 0 spiro atoms. The van der Waals surface area contributed by atoms with Crippen LogP contribution in [0.15, 0.2) is 18.2 Å². The summed E-state index contributed by atoms with van der Waals surface area (Å²) in [4.78, 5) is 12.0. The number of carboxylic acids is 1. The molecule has 0 amide bonds. The fourth-order valence-corrected chi connectivity index (χ4v) is 3.96. The van der Waals surface area contributed by atoms with Crippen molar-refractivity contribution in [2.75, 3.05) is 5.75 Å². The van der Waals surface area contributed by atoms with Crippen LogP contribution < -0.4 is 4.72 Å². The van der Waals surface area contributed by atoms with Gasteiger partial charge in [-0.05, 0) is 37.0 Å². The van der Waals surface area contributed by atoms with Gasteiger partial charge < -0.3 is 5.11 Å². The van der Waals surface area contributed by atoms with Crippen molar-refractivity contribution < 1.29 is 18.3 Å². The quantitative estimate of drug-likeness (QED) is 0.750. The summed E-state index contributed by atoms with van der Waals surface area (Å²) in [6.45, 7) is 0.265. The van der Waals surface area contributed by atoms with Crippen LogP contribution in [0.3, 0.4) is 0 Å². The molecule has 0 bridgehead atoms. The van der Waals surface area contributed by atoms with E-state index in [4.69, 9.17) is 5.11 Å². The summed E-state index contributed by atoms with van der Waals surface area (Å²) in [6, 6.07) is 3.57. The highest BCUT2D eigenvalue weighted by Crippen LogP contribution is 2.30. The minimum Gasteiger partial charge on any atom is -0.478 e. The third-order valence-electron chi connectivity index (χ3n) is 2.69. The number of nitrogens with one attached hydrogen (secondary N) is 1. The summed E-state index contributed by atoms with van der Waals surface area (Å²) in [5.41, 5.74) is 0. The van der Waals surface area contributed by atoms with Gasteiger partial charge in [-0.1, -0.05) is 0 Å². The van der Waals surface area contributed by atoms with Crippen LogP contribution in [0.5, 0.6) is 0 Å². The molecule has 0 aromatic carbocycles. The highest BCUT2D eigenvalue weighted by molar-refractivity contribution is 7.89. The van der Waals surface area contributed by atoms with Gasteiger partial charge >= 0.3 is 5.97 Å². The van der Waals surface area contributed by atoms with E-state index in [0.29, 0.717) is 5.92 Å². The van der Waals surface area contributed by atoms with Crippen molar-refractivity contribution in [3.8, 4) is 0 Å². The Bertz CT molecular complexity index is 585. The van der Waals surface area contributed by atoms with Gasteiger partial charge in [-0.25, -0.2) is 17.9 Å². The Morgan fingerprint density at radius 2 is 2.21 bits per heavy atom. The topological polar surface area (TPSA) is 83.5 Å². The minimum absolute atomic E-state index is 0.212. The molecule has 2 rings (SSSR count). The zero-order valence-corrected chi connectivity index (χ0v) is 11.8. The molecule has 0 radical (unpaired) electrons. The molecule has 1 aromatic heterocycles. The maximum Gasteiger partial charge on any atom is 0.328 e. The van der Waals surface area contributed by atoms with Crippen LogP contribution in [0.4, 0.5) is 0 Å². The average Bonchev–Trinajstić information content (AvgIpc) is 3.00. The van der Waals surface area contributed by atoms with Crippen molar-refractivity contribution in [2.45, 2.75) is 19.4 Å². The molecule has 19 heavy (non-hydrogen) atoms. The standard InChI is InChI=1S/C12H15NO4S2/c14-12(15)6-5-10-3-4-11(18-10)7-13-19(16,17)8-9-1-2-9/h3-6,9,13H,1-2,7-8H2,(H,14,15). The molecule has 0 unspecified atom stereocenters. The number of hydrogen-bond donors (Lipinski definition) is 2. The van der Waals surface area contributed by atoms with E-state index in [2.05, 4.69) is 4.72 Å². The molecule has 2 N–H and O–H groups in total. The van der Waals surface area contributed by atoms with Gasteiger partial charge in [0.2, 0.25) is 10.0 Å². The highest BCUT2D eigenvalue weighted by Gasteiger charge is 2.27. The lowest BCUT2D eigenvalue weighted by Gasteiger charge is -2.03. The zero-order valence-electron chi connectivity index (χ0n) is 10.2. The van der Waals surface area contributed by atoms with E-state index in [0.717, 1.165) is 28.7 Å². The second kappa shape index (κ2) is 5.85. The fraction of sp³-hybridized carbons (Fsp3) is 0.417. The van der Waals surface area contributed by atoms with E-state index in [1.54, 1.807) is 12.1 Å². The van der Waals surface area contributed by atoms with Gasteiger partial charge in [0.05, 0.1) is 5.75 Å². The molecule has 1 fully saturated rings. The number of thiophene rings is 1. The van der Waals surface area contributed by atoms with Gasteiger partial charge in [-0.3, -0.25) is 0 Å². The highest BCUT2D eigenvalue weighted by atomic mass is 32.2. The van der Waals surface area contributed by atoms with Gasteiger partial charge in [-0.2, -0.15) is 0 Å². The van der Waals surface area contributed by atoms with Crippen molar-refractivity contribution >= 4 is 33.4 Å². The molecule has 1 saturated carbocycles. The lowest BCUT2D eigenvalue weighted by molar-refractivity contribution is -0.131. The van der Waals surface area contributed by atoms with E-state index in [9.17, 15) is 13.2 Å². The minimum atomic E-state index is -3.19. The van der Waals surface area contributed by atoms with E-state index in [1.165, 1.54) is 17.4 Å². The molecule has 1 aliphatic rings. The lowest BCUT2D eigenvalue weighted by Crippen LogP contribution is -2.26. The summed E-state index contributed by atoms with van der Waals surface area (Å²) in [6.07, 6.45) is 4.57. The Morgan fingerprint density at radius 3 is 2.84 bits per heavy atom. The Morgan fingerprint density at radius 1 is 1.47 bits per heavy atom. The first-order valence-corrected chi connectivity index (χ1v) is 8.38. The fourth-order valence-electron chi connectivity index (χ4n) is 1.57. The third kappa shape index (κ3) is 5.14. The van der Waals surface area contributed by atoms with E-state index in [-0.39, 0.29) is 12.3 Å². The third-order valence-corrected chi connectivity index (χ3v) is 5.24. The summed E-state index contributed by atoms with van der Waals surface area (Å²) in [5, 5.41) is 8.51. The van der Waals surface area contributed by atoms with Crippen molar-refractivity contribution in [2.24, 2.45) is 5.92 Å². The molecular weight excluding hydrogens is 286 g/mol. The first-order valence-electron chi connectivity index (χ1n) is 5.92. The number of aliphatic carboxylic acids is 1. The van der Waals surface area contributed by atoms with Crippen LogP contribution in [0.25, 0.3) is 6.08 Å². The maximum absolute atomic E-state index is 11.7. The number of carboxylic acid groups (broad SMARTS) is 1. The Hall–Kier alpha value is -1.18. The van der Waals surface area contributed by atoms with E-state index < -0.39 is 16.0 Å². The SMILES string of the molecule is O=C(O)C=Cc1ccc(CNS(=O)(=O)CC2CC2)s1. The number of carbonyl (C=O) groups is 1. The Kier molecular flexibility index (Phi) is 4.38. The smallest absolute Gasteiger partial charge is 0.328 e. The predicted octanol–water partition coefficient (Wildman–Crippen LogP) is 1.68. The van der Waals surface area contributed by atoms with Crippen LogP contribution in [-0.2, 0) is 21.4 Å². The van der Waals surface area contributed by atoms with Gasteiger partial charge in [0.1, 0.15) is 0 Å². The summed E-state index contributed by atoms with van der Waals surface area (Å²) in [5.74, 6) is -0.459. The monoisotopic (exact) mass is 301 g/mol.